The van der Waals surface area contributed by atoms with E-state index in [9.17, 15) is 0 Å². The van der Waals surface area contributed by atoms with E-state index < -0.39 is 0 Å². The van der Waals surface area contributed by atoms with Gasteiger partial charge in [-0.3, -0.25) is 4.84 Å². The minimum Gasteiger partial charge on any atom is -0.496 e. The normalized spacial score (nSPS) is 14.7. The van der Waals surface area contributed by atoms with Crippen LogP contribution in [0, 0.1) is 6.92 Å². The minimum absolute atomic E-state index is 0.419. The van der Waals surface area contributed by atoms with Crippen LogP contribution in [0.5, 0.6) is 5.75 Å². The first kappa shape index (κ1) is 11.4. The van der Waals surface area contributed by atoms with Crippen molar-refractivity contribution in [3.8, 4) is 5.75 Å². The van der Waals surface area contributed by atoms with Crippen LogP contribution in [0.1, 0.15) is 35.1 Å². The molecule has 3 heteroatoms. The Morgan fingerprint density at radius 2 is 2.06 bits per heavy atom. The Balaban J connectivity index is 2.50. The molecule has 0 aromatic heterocycles. The molecule has 0 spiro atoms. The third-order valence-electron chi connectivity index (χ3n) is 3.47. The molecule has 88 valence electrons. The zero-order valence-corrected chi connectivity index (χ0v) is 10.0. The molecule has 0 bridgehead atoms. The molecule has 0 saturated carbocycles. The maximum Gasteiger partial charge on any atom is 0.125 e. The third kappa shape index (κ3) is 1.93. The molecular formula is C13H19NO2. The van der Waals surface area contributed by atoms with Crippen molar-refractivity contribution >= 4 is 0 Å². The van der Waals surface area contributed by atoms with Crippen molar-refractivity contribution in [2.75, 3.05) is 7.11 Å². The molecule has 0 saturated heterocycles. The van der Waals surface area contributed by atoms with Crippen LogP contribution in [-0.4, -0.2) is 7.11 Å². The average molecular weight is 221 g/mol. The summed E-state index contributed by atoms with van der Waals surface area (Å²) in [6, 6.07) is 2.15. The van der Waals surface area contributed by atoms with E-state index in [0.29, 0.717) is 6.61 Å². The smallest absolute Gasteiger partial charge is 0.125 e. The van der Waals surface area contributed by atoms with E-state index in [-0.39, 0.29) is 0 Å². The topological polar surface area (TPSA) is 44.5 Å². The van der Waals surface area contributed by atoms with Gasteiger partial charge in [0.2, 0.25) is 0 Å². The van der Waals surface area contributed by atoms with Crippen LogP contribution in [0.3, 0.4) is 0 Å². The van der Waals surface area contributed by atoms with Crippen molar-refractivity contribution in [1.29, 1.82) is 0 Å². The van der Waals surface area contributed by atoms with Crippen LogP contribution in [0.25, 0.3) is 0 Å². The second-order valence-electron chi connectivity index (χ2n) is 4.34. The van der Waals surface area contributed by atoms with E-state index in [1.807, 2.05) is 0 Å². The highest BCUT2D eigenvalue weighted by Crippen LogP contribution is 2.33. The number of fused-ring (bicyclic) bond motifs is 1. The Labute approximate surface area is 96.5 Å². The van der Waals surface area contributed by atoms with Gasteiger partial charge < -0.3 is 4.74 Å². The zero-order valence-electron chi connectivity index (χ0n) is 10.0. The Kier molecular flexibility index (Phi) is 3.46. The molecule has 3 nitrogen and oxygen atoms in total. The minimum atomic E-state index is 0.419. The van der Waals surface area contributed by atoms with Gasteiger partial charge >= 0.3 is 0 Å². The Morgan fingerprint density at radius 3 is 2.75 bits per heavy atom. The van der Waals surface area contributed by atoms with Gasteiger partial charge in [0, 0.05) is 5.56 Å². The van der Waals surface area contributed by atoms with Crippen molar-refractivity contribution in [2.45, 2.75) is 39.2 Å². The molecule has 0 aliphatic heterocycles. The summed E-state index contributed by atoms with van der Waals surface area (Å²) < 4.78 is 5.41. The Hall–Kier alpha value is -1.06. The van der Waals surface area contributed by atoms with Gasteiger partial charge in [0.25, 0.3) is 0 Å². The molecule has 1 aliphatic rings. The number of hydrogen-bond acceptors (Lipinski definition) is 3. The van der Waals surface area contributed by atoms with E-state index in [4.69, 9.17) is 15.5 Å². The summed E-state index contributed by atoms with van der Waals surface area (Å²) in [5.74, 6) is 6.08. The van der Waals surface area contributed by atoms with Gasteiger partial charge in [-0.2, -0.15) is 0 Å². The van der Waals surface area contributed by atoms with Gasteiger partial charge in [0.05, 0.1) is 13.7 Å². The average Bonchev–Trinajstić information content (AvgIpc) is 2.33. The molecule has 16 heavy (non-hydrogen) atoms. The van der Waals surface area contributed by atoms with Gasteiger partial charge in [-0.15, -0.1) is 0 Å². The summed E-state index contributed by atoms with van der Waals surface area (Å²) in [5.41, 5.74) is 5.28. The van der Waals surface area contributed by atoms with Crippen LogP contribution in [-0.2, 0) is 24.3 Å². The Morgan fingerprint density at radius 1 is 1.31 bits per heavy atom. The first-order valence-electron chi connectivity index (χ1n) is 5.77. The van der Waals surface area contributed by atoms with Crippen molar-refractivity contribution in [3.63, 3.8) is 0 Å². The maximum absolute atomic E-state index is 5.41. The van der Waals surface area contributed by atoms with Crippen LogP contribution >= 0.6 is 0 Å². The van der Waals surface area contributed by atoms with Crippen molar-refractivity contribution in [3.05, 3.63) is 28.3 Å². The second kappa shape index (κ2) is 4.85. The number of methoxy groups -OCH3 is 1. The quantitative estimate of drug-likeness (QED) is 0.796. The molecule has 0 radical (unpaired) electrons. The van der Waals surface area contributed by atoms with Gasteiger partial charge in [-0.1, -0.05) is 0 Å². The number of aryl methyl sites for hydroxylation is 1. The molecule has 2 rings (SSSR count). The van der Waals surface area contributed by atoms with Crippen molar-refractivity contribution < 1.29 is 9.57 Å². The molecule has 1 aliphatic carbocycles. The lowest BCUT2D eigenvalue weighted by atomic mass is 9.86. The number of ether oxygens (including phenoxy) is 1. The molecule has 1 aromatic carbocycles. The number of benzene rings is 1. The van der Waals surface area contributed by atoms with E-state index in [1.165, 1.54) is 36.0 Å². The summed E-state index contributed by atoms with van der Waals surface area (Å²) >= 11 is 0. The van der Waals surface area contributed by atoms with Gasteiger partial charge in [-0.25, -0.2) is 5.90 Å². The highest BCUT2D eigenvalue weighted by Gasteiger charge is 2.18. The molecule has 0 heterocycles. The van der Waals surface area contributed by atoms with Crippen LogP contribution in [0.2, 0.25) is 0 Å². The first-order valence-corrected chi connectivity index (χ1v) is 5.77. The highest BCUT2D eigenvalue weighted by atomic mass is 16.6. The summed E-state index contributed by atoms with van der Waals surface area (Å²) in [7, 11) is 1.70. The molecule has 0 unspecified atom stereocenters. The van der Waals surface area contributed by atoms with Gasteiger partial charge in [0.15, 0.2) is 0 Å². The SMILES string of the molecule is COc1cc2c(c(C)c1CON)CCCC2. The molecule has 0 atom stereocenters. The number of hydrogen-bond donors (Lipinski definition) is 1. The molecule has 0 amide bonds. The van der Waals surface area contributed by atoms with E-state index in [2.05, 4.69) is 13.0 Å². The predicted molar refractivity (Wildman–Crippen MR) is 63.3 cm³/mol. The Bertz CT molecular complexity index is 388. The molecular weight excluding hydrogens is 202 g/mol. The lowest BCUT2D eigenvalue weighted by Crippen LogP contribution is -2.10. The maximum atomic E-state index is 5.41. The lowest BCUT2D eigenvalue weighted by Gasteiger charge is -2.22. The van der Waals surface area contributed by atoms with Gasteiger partial charge in [-0.05, 0) is 55.4 Å². The summed E-state index contributed by atoms with van der Waals surface area (Å²) in [4.78, 5) is 4.76. The second-order valence-corrected chi connectivity index (χ2v) is 4.34. The van der Waals surface area contributed by atoms with Crippen LogP contribution in [0.15, 0.2) is 6.07 Å². The fourth-order valence-corrected chi connectivity index (χ4v) is 2.57. The third-order valence-corrected chi connectivity index (χ3v) is 3.47. The van der Waals surface area contributed by atoms with Crippen molar-refractivity contribution in [2.24, 2.45) is 5.90 Å². The molecule has 0 fully saturated rings. The van der Waals surface area contributed by atoms with Gasteiger partial charge in [0.1, 0.15) is 5.75 Å². The van der Waals surface area contributed by atoms with Crippen molar-refractivity contribution in [1.82, 2.24) is 0 Å². The predicted octanol–water partition coefficient (Wildman–Crippen LogP) is 2.27. The van der Waals surface area contributed by atoms with Crippen LogP contribution in [0.4, 0.5) is 0 Å². The summed E-state index contributed by atoms with van der Waals surface area (Å²) in [5, 5.41) is 0. The first-order chi connectivity index (χ1) is 7.77. The lowest BCUT2D eigenvalue weighted by molar-refractivity contribution is 0.121. The monoisotopic (exact) mass is 221 g/mol. The largest absolute Gasteiger partial charge is 0.496 e. The molecule has 2 N–H and O–H groups in total. The van der Waals surface area contributed by atoms with E-state index in [0.717, 1.165) is 17.7 Å². The van der Waals surface area contributed by atoms with E-state index in [1.54, 1.807) is 7.11 Å². The fourth-order valence-electron chi connectivity index (χ4n) is 2.57. The standard InChI is InChI=1S/C13H19NO2/c1-9-11-6-4-3-5-10(11)7-13(15-2)12(9)8-16-14/h7H,3-6,8,14H2,1-2H3. The highest BCUT2D eigenvalue weighted by molar-refractivity contribution is 5.49. The molecule has 1 aromatic rings. The number of nitrogens with two attached hydrogens (primary N) is 1. The fraction of sp³-hybridized carbons (Fsp3) is 0.538. The van der Waals surface area contributed by atoms with E-state index >= 15 is 0 Å². The zero-order chi connectivity index (χ0) is 11.5. The van der Waals surface area contributed by atoms with Crippen LogP contribution < -0.4 is 10.6 Å². The summed E-state index contributed by atoms with van der Waals surface area (Å²) in [6.07, 6.45) is 4.89. The number of rotatable bonds is 3. The summed E-state index contributed by atoms with van der Waals surface area (Å²) in [6.45, 7) is 2.56.